The number of hydrogen-bond acceptors (Lipinski definition) is 2. The Bertz CT molecular complexity index is 350. The first-order valence-electron chi connectivity index (χ1n) is 5.66. The Morgan fingerprint density at radius 1 is 1.38 bits per heavy atom. The van der Waals surface area contributed by atoms with E-state index in [1.807, 2.05) is 6.07 Å². The van der Waals surface area contributed by atoms with Gasteiger partial charge in [0.15, 0.2) is 0 Å². The summed E-state index contributed by atoms with van der Waals surface area (Å²) in [6.45, 7) is 5.01. The van der Waals surface area contributed by atoms with Crippen molar-refractivity contribution in [3.63, 3.8) is 0 Å². The second kappa shape index (κ2) is 6.12. The van der Waals surface area contributed by atoms with Crippen LogP contribution in [0.5, 0.6) is 5.75 Å². The van der Waals surface area contributed by atoms with Crippen molar-refractivity contribution in [2.24, 2.45) is 5.73 Å². The second-order valence-electron chi connectivity index (χ2n) is 4.24. The number of methoxy groups -OCH3 is 1. The summed E-state index contributed by atoms with van der Waals surface area (Å²) < 4.78 is 5.29. The molecule has 0 aliphatic heterocycles. The van der Waals surface area contributed by atoms with Crippen LogP contribution in [0, 0.1) is 0 Å². The maximum absolute atomic E-state index is 6.26. The van der Waals surface area contributed by atoms with Gasteiger partial charge in [-0.25, -0.2) is 0 Å². The third kappa shape index (κ3) is 3.13. The summed E-state index contributed by atoms with van der Waals surface area (Å²) in [5.41, 5.74) is 7.91. The lowest BCUT2D eigenvalue weighted by molar-refractivity contribution is 0.413. The molecule has 0 aliphatic rings. The summed E-state index contributed by atoms with van der Waals surface area (Å²) in [4.78, 5) is 0. The van der Waals surface area contributed by atoms with Gasteiger partial charge in [-0.1, -0.05) is 31.5 Å². The van der Waals surface area contributed by atoms with E-state index in [0.29, 0.717) is 12.5 Å². The fourth-order valence-corrected chi connectivity index (χ4v) is 1.92. The van der Waals surface area contributed by atoms with Crippen molar-refractivity contribution in [3.8, 4) is 5.75 Å². The molecule has 1 aromatic rings. The topological polar surface area (TPSA) is 35.2 Å². The number of nitrogens with two attached hydrogens (primary N) is 1. The molecule has 0 bridgehead atoms. The highest BCUT2D eigenvalue weighted by atomic mass is 35.5. The molecular weight excluding hydrogens is 222 g/mol. The fourth-order valence-electron chi connectivity index (χ4n) is 1.64. The average Bonchev–Trinajstić information content (AvgIpc) is 2.27. The molecule has 3 heteroatoms. The summed E-state index contributed by atoms with van der Waals surface area (Å²) in [7, 11) is 1.65. The van der Waals surface area contributed by atoms with E-state index in [4.69, 9.17) is 22.1 Å². The van der Waals surface area contributed by atoms with E-state index in [0.717, 1.165) is 29.2 Å². The quantitative estimate of drug-likeness (QED) is 0.858. The van der Waals surface area contributed by atoms with Crippen molar-refractivity contribution in [2.45, 2.75) is 32.6 Å². The van der Waals surface area contributed by atoms with Crippen molar-refractivity contribution in [1.82, 2.24) is 0 Å². The Kier molecular flexibility index (Phi) is 5.10. The molecule has 0 aromatic heterocycles. The molecule has 2 nitrogen and oxygen atoms in total. The highest BCUT2D eigenvalue weighted by Gasteiger charge is 2.11. The average molecular weight is 242 g/mol. The number of hydrogen-bond donors (Lipinski definition) is 1. The highest BCUT2D eigenvalue weighted by Crippen LogP contribution is 2.33. The van der Waals surface area contributed by atoms with Crippen molar-refractivity contribution in [2.75, 3.05) is 13.7 Å². The van der Waals surface area contributed by atoms with Crippen molar-refractivity contribution in [1.29, 1.82) is 0 Å². The summed E-state index contributed by atoms with van der Waals surface area (Å²) in [5.74, 6) is 1.24. The summed E-state index contributed by atoms with van der Waals surface area (Å²) >= 11 is 6.26. The minimum atomic E-state index is 0.475. The molecule has 0 amide bonds. The molecule has 0 aliphatic carbocycles. The zero-order chi connectivity index (χ0) is 12.1. The van der Waals surface area contributed by atoms with E-state index < -0.39 is 0 Å². The van der Waals surface area contributed by atoms with Crippen molar-refractivity contribution < 1.29 is 4.74 Å². The van der Waals surface area contributed by atoms with E-state index in [9.17, 15) is 0 Å². The standard InChI is InChI=1S/C13H20ClNO/c1-9(2)11-7-10(5-4-6-15)13(14)12(8-11)16-3/h7-9H,4-6,15H2,1-3H3. The molecule has 0 spiro atoms. The van der Waals surface area contributed by atoms with Gasteiger partial charge in [0.1, 0.15) is 5.75 Å². The summed E-state index contributed by atoms with van der Waals surface area (Å²) in [6.07, 6.45) is 1.86. The molecule has 1 aromatic carbocycles. The number of rotatable bonds is 5. The first kappa shape index (κ1) is 13.3. The number of halogens is 1. The maximum atomic E-state index is 6.26. The molecule has 1 rings (SSSR count). The Hall–Kier alpha value is -0.730. The molecule has 0 atom stereocenters. The third-order valence-electron chi connectivity index (χ3n) is 2.67. The molecule has 0 saturated carbocycles. The molecule has 0 saturated heterocycles. The van der Waals surface area contributed by atoms with Crippen LogP contribution in [-0.4, -0.2) is 13.7 Å². The molecular formula is C13H20ClNO. The van der Waals surface area contributed by atoms with Gasteiger partial charge in [-0.3, -0.25) is 0 Å². The van der Waals surface area contributed by atoms with Crippen LogP contribution in [0.15, 0.2) is 12.1 Å². The molecule has 0 fully saturated rings. The lowest BCUT2D eigenvalue weighted by Gasteiger charge is -2.14. The van der Waals surface area contributed by atoms with Gasteiger partial charge in [0.2, 0.25) is 0 Å². The van der Waals surface area contributed by atoms with Gasteiger partial charge in [0.05, 0.1) is 12.1 Å². The van der Waals surface area contributed by atoms with Crippen molar-refractivity contribution >= 4 is 11.6 Å². The van der Waals surface area contributed by atoms with E-state index in [1.165, 1.54) is 5.56 Å². The Balaban J connectivity index is 3.08. The Labute approximate surface area is 103 Å². The van der Waals surface area contributed by atoms with Crippen molar-refractivity contribution in [3.05, 3.63) is 28.3 Å². The predicted octanol–water partition coefficient (Wildman–Crippen LogP) is 3.36. The van der Waals surface area contributed by atoms with Gasteiger partial charge >= 0.3 is 0 Å². The molecule has 0 heterocycles. The van der Waals surface area contributed by atoms with Crippen LogP contribution >= 0.6 is 11.6 Å². The minimum Gasteiger partial charge on any atom is -0.495 e. The first-order chi connectivity index (χ1) is 7.60. The Morgan fingerprint density at radius 3 is 2.56 bits per heavy atom. The highest BCUT2D eigenvalue weighted by molar-refractivity contribution is 6.32. The zero-order valence-electron chi connectivity index (χ0n) is 10.2. The lowest BCUT2D eigenvalue weighted by atomic mass is 9.98. The van der Waals surface area contributed by atoms with E-state index in [1.54, 1.807) is 7.11 Å². The monoisotopic (exact) mass is 241 g/mol. The number of aryl methyl sites for hydroxylation is 1. The van der Waals surface area contributed by atoms with Gasteiger partial charge in [0, 0.05) is 0 Å². The third-order valence-corrected chi connectivity index (χ3v) is 3.10. The molecule has 0 radical (unpaired) electrons. The SMILES string of the molecule is COc1cc(C(C)C)cc(CCCN)c1Cl. The van der Waals surface area contributed by atoms with Crippen LogP contribution in [0.25, 0.3) is 0 Å². The van der Waals surface area contributed by atoms with E-state index in [-0.39, 0.29) is 0 Å². The molecule has 90 valence electrons. The van der Waals surface area contributed by atoms with Gasteiger partial charge in [0.25, 0.3) is 0 Å². The molecule has 2 N–H and O–H groups in total. The lowest BCUT2D eigenvalue weighted by Crippen LogP contribution is -2.02. The van der Waals surface area contributed by atoms with Crippen LogP contribution in [-0.2, 0) is 6.42 Å². The zero-order valence-corrected chi connectivity index (χ0v) is 11.0. The Morgan fingerprint density at radius 2 is 2.06 bits per heavy atom. The van der Waals surface area contributed by atoms with Crippen LogP contribution in [0.1, 0.15) is 37.3 Å². The largest absolute Gasteiger partial charge is 0.495 e. The van der Waals surface area contributed by atoms with Crippen LogP contribution in [0.2, 0.25) is 5.02 Å². The van der Waals surface area contributed by atoms with Gasteiger partial charge in [-0.05, 0) is 42.5 Å². The normalized spacial score (nSPS) is 10.9. The second-order valence-corrected chi connectivity index (χ2v) is 4.62. The van der Waals surface area contributed by atoms with Gasteiger partial charge in [-0.2, -0.15) is 0 Å². The van der Waals surface area contributed by atoms with E-state index >= 15 is 0 Å². The molecule has 16 heavy (non-hydrogen) atoms. The van der Waals surface area contributed by atoms with Crippen LogP contribution in [0.3, 0.4) is 0 Å². The van der Waals surface area contributed by atoms with Crippen LogP contribution < -0.4 is 10.5 Å². The van der Waals surface area contributed by atoms with E-state index in [2.05, 4.69) is 19.9 Å². The number of ether oxygens (including phenoxy) is 1. The minimum absolute atomic E-state index is 0.475. The fraction of sp³-hybridized carbons (Fsp3) is 0.538. The molecule has 0 unspecified atom stereocenters. The first-order valence-corrected chi connectivity index (χ1v) is 6.04. The maximum Gasteiger partial charge on any atom is 0.138 e. The van der Waals surface area contributed by atoms with Crippen LogP contribution in [0.4, 0.5) is 0 Å². The van der Waals surface area contributed by atoms with Gasteiger partial charge < -0.3 is 10.5 Å². The smallest absolute Gasteiger partial charge is 0.138 e. The van der Waals surface area contributed by atoms with Gasteiger partial charge in [-0.15, -0.1) is 0 Å². The predicted molar refractivity (Wildman–Crippen MR) is 69.5 cm³/mol. The summed E-state index contributed by atoms with van der Waals surface area (Å²) in [5, 5.41) is 0.723. The summed E-state index contributed by atoms with van der Waals surface area (Å²) in [6, 6.07) is 4.17. The number of benzene rings is 1.